The first kappa shape index (κ1) is 25.5. The quantitative estimate of drug-likeness (QED) is 0.408. The molecule has 0 aromatic rings. The summed E-state index contributed by atoms with van der Waals surface area (Å²) in [6.45, 7) is 8.94. The molecule has 0 aromatic heterocycles. The Labute approximate surface area is 196 Å². The molecule has 32 heavy (non-hydrogen) atoms. The van der Waals surface area contributed by atoms with E-state index in [9.17, 15) is 15.3 Å². The molecule has 3 rings (SSSR count). The predicted molar refractivity (Wildman–Crippen MR) is 133 cm³/mol. The fraction of sp³-hybridized carbons (Fsp3) is 0.724. The molecule has 3 N–H and O–H groups in total. The molecule has 0 bridgehead atoms. The van der Waals surface area contributed by atoms with E-state index in [0.717, 1.165) is 19.3 Å². The number of fused-ring (bicyclic) bond motifs is 1. The minimum absolute atomic E-state index is 0.353. The van der Waals surface area contributed by atoms with Gasteiger partial charge in [0.15, 0.2) is 0 Å². The van der Waals surface area contributed by atoms with Gasteiger partial charge in [0.2, 0.25) is 0 Å². The largest absolute Gasteiger partial charge is 0.390 e. The van der Waals surface area contributed by atoms with Gasteiger partial charge < -0.3 is 15.3 Å². The molecule has 0 aromatic carbocycles. The van der Waals surface area contributed by atoms with Crippen molar-refractivity contribution in [3.8, 4) is 0 Å². The van der Waals surface area contributed by atoms with Crippen molar-refractivity contribution >= 4 is 0 Å². The lowest BCUT2D eigenvalue weighted by Gasteiger charge is -2.44. The number of rotatable bonds is 7. The number of aliphatic hydroxyl groups is 3. The molecular weight excluding hydrogens is 396 g/mol. The van der Waals surface area contributed by atoms with Gasteiger partial charge >= 0.3 is 0 Å². The Hall–Kier alpha value is -1.16. The highest BCUT2D eigenvalue weighted by Crippen LogP contribution is 2.59. The number of aliphatic hydroxyl groups excluding tert-OH is 2. The third kappa shape index (κ3) is 5.66. The van der Waals surface area contributed by atoms with Crippen molar-refractivity contribution in [2.45, 2.75) is 110 Å². The van der Waals surface area contributed by atoms with Crippen molar-refractivity contribution in [1.29, 1.82) is 0 Å². The smallest absolute Gasteiger partial charge is 0.0836 e. The maximum absolute atomic E-state index is 10.4. The van der Waals surface area contributed by atoms with E-state index in [1.54, 1.807) is 5.57 Å². The standard InChI is InChI=1S/C29H46O3/c1-5-29(32,6-2)19-8-7-10-21(3)24-15-16-25-23(11-9-18-28(24,25)4)14-12-22-13-17-26(30)27(31)20-22/h7-8,10,12,14,19,21,24-27,30-32H,5-6,9,11,13,15-18,20H2,1-4H3/b10-7+,19-8+,22-12-,23-14+/t21-,24?,25?,26+,27?,28?/m1/s1. The van der Waals surface area contributed by atoms with Crippen LogP contribution < -0.4 is 0 Å². The SMILES string of the molecule is CCC(O)(/C=C/C=C/[C@@H](C)C1CCC2/C(=C/C=C3/CC[C@H](O)C(O)C3)CCCC21C)CC. The first-order valence-corrected chi connectivity index (χ1v) is 13.1. The summed E-state index contributed by atoms with van der Waals surface area (Å²) in [6, 6.07) is 0. The topological polar surface area (TPSA) is 60.7 Å². The van der Waals surface area contributed by atoms with Crippen molar-refractivity contribution in [3.05, 3.63) is 47.6 Å². The summed E-state index contributed by atoms with van der Waals surface area (Å²) in [7, 11) is 0. The second kappa shape index (κ2) is 10.8. The Morgan fingerprint density at radius 1 is 1.03 bits per heavy atom. The molecule has 3 aliphatic rings. The fourth-order valence-electron chi connectivity index (χ4n) is 6.65. The second-order valence-electron chi connectivity index (χ2n) is 11.0. The summed E-state index contributed by atoms with van der Waals surface area (Å²) in [5.41, 5.74) is 2.55. The minimum Gasteiger partial charge on any atom is -0.390 e. The molecular formula is C29H46O3. The molecule has 0 radical (unpaired) electrons. The lowest BCUT2D eigenvalue weighted by Crippen LogP contribution is -2.35. The summed E-state index contributed by atoms with van der Waals surface area (Å²) in [4.78, 5) is 0. The van der Waals surface area contributed by atoms with Gasteiger partial charge in [-0.25, -0.2) is 0 Å². The van der Waals surface area contributed by atoms with Crippen LogP contribution >= 0.6 is 0 Å². The second-order valence-corrected chi connectivity index (χ2v) is 11.0. The number of hydrogen-bond acceptors (Lipinski definition) is 3. The molecule has 0 heterocycles. The summed E-state index contributed by atoms with van der Waals surface area (Å²) in [5.74, 6) is 1.88. The van der Waals surface area contributed by atoms with Crippen LogP contribution in [0.5, 0.6) is 0 Å². The molecule has 3 nitrogen and oxygen atoms in total. The zero-order valence-corrected chi connectivity index (χ0v) is 20.8. The first-order chi connectivity index (χ1) is 15.2. The molecule has 4 unspecified atom stereocenters. The summed E-state index contributed by atoms with van der Waals surface area (Å²) in [5, 5.41) is 30.2. The van der Waals surface area contributed by atoms with E-state index >= 15 is 0 Å². The summed E-state index contributed by atoms with van der Waals surface area (Å²) < 4.78 is 0. The summed E-state index contributed by atoms with van der Waals surface area (Å²) in [6.07, 6.45) is 21.9. The zero-order valence-electron chi connectivity index (χ0n) is 20.8. The molecule has 6 atom stereocenters. The van der Waals surface area contributed by atoms with E-state index in [4.69, 9.17) is 0 Å². The van der Waals surface area contributed by atoms with Crippen molar-refractivity contribution in [2.24, 2.45) is 23.2 Å². The van der Waals surface area contributed by atoms with Crippen LogP contribution in [0.3, 0.4) is 0 Å². The van der Waals surface area contributed by atoms with Gasteiger partial charge in [-0.2, -0.15) is 0 Å². The molecule has 0 amide bonds. The van der Waals surface area contributed by atoms with Gasteiger partial charge in [-0.05, 0) is 87.4 Å². The van der Waals surface area contributed by atoms with Crippen LogP contribution in [0.4, 0.5) is 0 Å². The number of hydrogen-bond donors (Lipinski definition) is 3. The lowest BCUT2D eigenvalue weighted by atomic mass is 9.61. The monoisotopic (exact) mass is 442 g/mol. The van der Waals surface area contributed by atoms with Crippen LogP contribution in [0, 0.1) is 23.2 Å². The van der Waals surface area contributed by atoms with Gasteiger partial charge in [0.05, 0.1) is 17.8 Å². The van der Waals surface area contributed by atoms with Crippen molar-refractivity contribution in [2.75, 3.05) is 0 Å². The molecule has 3 aliphatic carbocycles. The van der Waals surface area contributed by atoms with Crippen LogP contribution in [0.25, 0.3) is 0 Å². The van der Waals surface area contributed by atoms with Crippen molar-refractivity contribution in [1.82, 2.24) is 0 Å². The van der Waals surface area contributed by atoms with E-state index in [0.29, 0.717) is 36.0 Å². The van der Waals surface area contributed by atoms with Gasteiger partial charge in [0.25, 0.3) is 0 Å². The van der Waals surface area contributed by atoms with Gasteiger partial charge in [-0.3, -0.25) is 0 Å². The van der Waals surface area contributed by atoms with E-state index < -0.39 is 17.8 Å². The minimum atomic E-state index is -0.679. The highest BCUT2D eigenvalue weighted by atomic mass is 16.3. The van der Waals surface area contributed by atoms with Crippen molar-refractivity contribution < 1.29 is 15.3 Å². The molecule has 3 fully saturated rings. The summed E-state index contributed by atoms with van der Waals surface area (Å²) >= 11 is 0. The molecule has 0 saturated heterocycles. The maximum Gasteiger partial charge on any atom is 0.0836 e. The molecule has 0 spiro atoms. The Kier molecular flexibility index (Phi) is 8.63. The number of allylic oxidation sites excluding steroid dienone is 6. The van der Waals surface area contributed by atoms with Gasteiger partial charge in [-0.1, -0.05) is 75.3 Å². The third-order valence-electron chi connectivity index (χ3n) is 9.04. The van der Waals surface area contributed by atoms with E-state index in [1.165, 1.54) is 37.7 Å². The Balaban J connectivity index is 1.67. The highest BCUT2D eigenvalue weighted by Gasteiger charge is 2.50. The highest BCUT2D eigenvalue weighted by molar-refractivity contribution is 5.26. The van der Waals surface area contributed by atoms with E-state index in [-0.39, 0.29) is 0 Å². The maximum atomic E-state index is 10.4. The molecule has 3 heteroatoms. The molecule has 0 aliphatic heterocycles. The average molecular weight is 443 g/mol. The molecule has 180 valence electrons. The van der Waals surface area contributed by atoms with Gasteiger partial charge in [-0.15, -0.1) is 0 Å². The van der Waals surface area contributed by atoms with Gasteiger partial charge in [0, 0.05) is 0 Å². The molecule has 3 saturated carbocycles. The van der Waals surface area contributed by atoms with Crippen LogP contribution in [0.1, 0.15) is 91.9 Å². The van der Waals surface area contributed by atoms with E-state index in [1.807, 2.05) is 26.0 Å². The third-order valence-corrected chi connectivity index (χ3v) is 9.04. The van der Waals surface area contributed by atoms with Crippen molar-refractivity contribution in [3.63, 3.8) is 0 Å². The first-order valence-electron chi connectivity index (χ1n) is 13.1. The Morgan fingerprint density at radius 2 is 1.78 bits per heavy atom. The Bertz CT molecular complexity index is 742. The fourth-order valence-corrected chi connectivity index (χ4v) is 6.65. The lowest BCUT2D eigenvalue weighted by molar-refractivity contribution is 0.00411. The normalized spacial score (nSPS) is 37.6. The zero-order chi connectivity index (χ0) is 23.4. The average Bonchev–Trinajstić information content (AvgIpc) is 3.14. The van der Waals surface area contributed by atoms with Crippen LogP contribution in [-0.4, -0.2) is 33.1 Å². The van der Waals surface area contributed by atoms with E-state index in [2.05, 4.69) is 38.2 Å². The Morgan fingerprint density at radius 3 is 2.47 bits per heavy atom. The van der Waals surface area contributed by atoms with Gasteiger partial charge in [0.1, 0.15) is 0 Å². The van der Waals surface area contributed by atoms with Crippen LogP contribution in [0.2, 0.25) is 0 Å². The van der Waals surface area contributed by atoms with Crippen LogP contribution in [-0.2, 0) is 0 Å². The predicted octanol–water partition coefficient (Wildman–Crippen LogP) is 6.26. The van der Waals surface area contributed by atoms with Crippen LogP contribution in [0.15, 0.2) is 47.6 Å².